The summed E-state index contributed by atoms with van der Waals surface area (Å²) in [6.07, 6.45) is 1.59. The number of benzene rings is 2. The van der Waals surface area contributed by atoms with Gasteiger partial charge in [-0.1, -0.05) is 26.0 Å². The zero-order valence-electron chi connectivity index (χ0n) is 18.4. The summed E-state index contributed by atoms with van der Waals surface area (Å²) >= 11 is 0. The van der Waals surface area contributed by atoms with E-state index in [0.29, 0.717) is 28.0 Å². The highest BCUT2D eigenvalue weighted by molar-refractivity contribution is 5.91. The van der Waals surface area contributed by atoms with Crippen molar-refractivity contribution in [2.45, 2.75) is 40.2 Å². The molecule has 0 radical (unpaired) electrons. The number of aryl methyl sites for hydroxylation is 2. The third-order valence-corrected chi connectivity index (χ3v) is 5.29. The van der Waals surface area contributed by atoms with Gasteiger partial charge in [-0.2, -0.15) is 10.2 Å². The lowest BCUT2D eigenvalue weighted by Gasteiger charge is -2.13. The Morgan fingerprint density at radius 1 is 1.12 bits per heavy atom. The van der Waals surface area contributed by atoms with Crippen LogP contribution in [0.3, 0.4) is 0 Å². The Bertz CT molecular complexity index is 1370. The van der Waals surface area contributed by atoms with Gasteiger partial charge in [0.1, 0.15) is 17.9 Å². The highest BCUT2D eigenvalue weighted by Crippen LogP contribution is 2.23. The number of carbonyl (C=O) groups excluding carboxylic acids is 1. The number of fused-ring (bicyclic) bond motifs is 1. The van der Waals surface area contributed by atoms with Gasteiger partial charge >= 0.3 is 0 Å². The molecule has 0 aliphatic rings. The number of rotatable bonds is 5. The first-order chi connectivity index (χ1) is 15.2. The maximum absolute atomic E-state index is 13.4. The Hall–Kier alpha value is -3.81. The highest BCUT2D eigenvalue weighted by Gasteiger charge is 2.20. The molecule has 0 atom stereocenters. The van der Waals surface area contributed by atoms with Crippen LogP contribution < -0.4 is 10.9 Å². The molecule has 164 valence electrons. The third-order valence-electron chi connectivity index (χ3n) is 5.29. The molecule has 7 nitrogen and oxygen atoms in total. The van der Waals surface area contributed by atoms with E-state index in [1.54, 1.807) is 18.3 Å². The van der Waals surface area contributed by atoms with E-state index >= 15 is 0 Å². The molecular formula is C24H24FN5O2. The molecule has 2 heterocycles. The average Bonchev–Trinajstić information content (AvgIpc) is 3.18. The standard InChI is InChI=1S/C24H24FN5O2/c1-14(2)22-19-12-26-30(18-9-7-17(25)8-10-18)23(19)24(32)29(28-22)13-21(31)27-20-11-15(3)5-6-16(20)4/h5-12,14H,13H2,1-4H3,(H,27,31). The second-order valence-electron chi connectivity index (χ2n) is 8.16. The van der Waals surface area contributed by atoms with E-state index in [-0.39, 0.29) is 24.2 Å². The van der Waals surface area contributed by atoms with Crippen LogP contribution in [0.1, 0.15) is 36.6 Å². The summed E-state index contributed by atoms with van der Waals surface area (Å²) in [4.78, 5) is 26.1. The lowest BCUT2D eigenvalue weighted by atomic mass is 10.1. The maximum atomic E-state index is 13.4. The van der Waals surface area contributed by atoms with Gasteiger partial charge in [0, 0.05) is 11.1 Å². The molecule has 0 aliphatic heterocycles. The van der Waals surface area contributed by atoms with E-state index in [1.165, 1.54) is 21.5 Å². The molecule has 0 spiro atoms. The van der Waals surface area contributed by atoms with Gasteiger partial charge in [0.2, 0.25) is 5.91 Å². The van der Waals surface area contributed by atoms with Gasteiger partial charge in [0.15, 0.2) is 0 Å². The first-order valence-corrected chi connectivity index (χ1v) is 10.4. The number of halogens is 1. The lowest BCUT2D eigenvalue weighted by molar-refractivity contribution is -0.117. The molecule has 0 fully saturated rings. The van der Waals surface area contributed by atoms with Gasteiger partial charge in [-0.3, -0.25) is 9.59 Å². The zero-order chi connectivity index (χ0) is 23.0. The number of hydrogen-bond acceptors (Lipinski definition) is 4. The van der Waals surface area contributed by atoms with Gasteiger partial charge < -0.3 is 5.32 Å². The van der Waals surface area contributed by atoms with Crippen LogP contribution in [0.15, 0.2) is 53.5 Å². The second kappa shape index (κ2) is 8.37. The lowest BCUT2D eigenvalue weighted by Crippen LogP contribution is -2.31. The number of hydrogen-bond donors (Lipinski definition) is 1. The van der Waals surface area contributed by atoms with E-state index in [2.05, 4.69) is 15.5 Å². The summed E-state index contributed by atoms with van der Waals surface area (Å²) in [7, 11) is 0. The van der Waals surface area contributed by atoms with Crippen molar-refractivity contribution in [3.8, 4) is 5.69 Å². The van der Waals surface area contributed by atoms with Gasteiger partial charge in [0.05, 0.1) is 17.6 Å². The fourth-order valence-corrected chi connectivity index (χ4v) is 3.60. The molecule has 4 aromatic rings. The van der Waals surface area contributed by atoms with Crippen molar-refractivity contribution in [3.63, 3.8) is 0 Å². The summed E-state index contributed by atoms with van der Waals surface area (Å²) < 4.78 is 16.0. The van der Waals surface area contributed by atoms with Crippen molar-refractivity contribution in [2.24, 2.45) is 0 Å². The van der Waals surface area contributed by atoms with Crippen LogP contribution in [0.4, 0.5) is 10.1 Å². The largest absolute Gasteiger partial charge is 0.324 e. The summed E-state index contributed by atoms with van der Waals surface area (Å²) in [5.41, 5.74) is 3.71. The monoisotopic (exact) mass is 433 g/mol. The molecular weight excluding hydrogens is 409 g/mol. The predicted octanol–water partition coefficient (Wildman–Crippen LogP) is 4.10. The zero-order valence-corrected chi connectivity index (χ0v) is 18.4. The molecule has 0 aliphatic carbocycles. The highest BCUT2D eigenvalue weighted by atomic mass is 19.1. The quantitative estimate of drug-likeness (QED) is 0.514. The normalized spacial score (nSPS) is 11.3. The van der Waals surface area contributed by atoms with Crippen molar-refractivity contribution in [3.05, 3.63) is 81.7 Å². The Morgan fingerprint density at radius 3 is 2.53 bits per heavy atom. The minimum Gasteiger partial charge on any atom is -0.324 e. The number of carbonyl (C=O) groups is 1. The molecule has 2 aromatic carbocycles. The summed E-state index contributed by atoms with van der Waals surface area (Å²) in [5, 5.41) is 12.3. The van der Waals surface area contributed by atoms with Crippen molar-refractivity contribution >= 4 is 22.5 Å². The topological polar surface area (TPSA) is 81.8 Å². The Kier molecular flexibility index (Phi) is 5.61. The maximum Gasteiger partial charge on any atom is 0.293 e. The predicted molar refractivity (Wildman–Crippen MR) is 122 cm³/mol. The summed E-state index contributed by atoms with van der Waals surface area (Å²) in [6.45, 7) is 7.53. The van der Waals surface area contributed by atoms with Crippen LogP contribution in [0.5, 0.6) is 0 Å². The second-order valence-corrected chi connectivity index (χ2v) is 8.16. The molecule has 8 heteroatoms. The molecule has 0 saturated heterocycles. The number of amides is 1. The first kappa shape index (κ1) is 21.4. The molecule has 4 rings (SSSR count). The van der Waals surface area contributed by atoms with Gasteiger partial charge in [0.25, 0.3) is 5.56 Å². The minimum absolute atomic E-state index is 0.00250. The van der Waals surface area contributed by atoms with Crippen LogP contribution in [0.2, 0.25) is 0 Å². The van der Waals surface area contributed by atoms with E-state index in [0.717, 1.165) is 11.1 Å². The fourth-order valence-electron chi connectivity index (χ4n) is 3.60. The van der Waals surface area contributed by atoms with E-state index in [9.17, 15) is 14.0 Å². The van der Waals surface area contributed by atoms with Crippen LogP contribution in [0.25, 0.3) is 16.6 Å². The molecule has 0 unspecified atom stereocenters. The van der Waals surface area contributed by atoms with E-state index in [1.807, 2.05) is 45.9 Å². The molecule has 1 amide bonds. The van der Waals surface area contributed by atoms with Crippen molar-refractivity contribution in [1.29, 1.82) is 0 Å². The Morgan fingerprint density at radius 2 is 1.84 bits per heavy atom. The van der Waals surface area contributed by atoms with Gasteiger partial charge in [-0.05, 0) is 61.2 Å². The number of aromatic nitrogens is 4. The number of anilines is 1. The minimum atomic E-state index is -0.442. The van der Waals surface area contributed by atoms with Crippen LogP contribution in [0, 0.1) is 19.7 Å². The van der Waals surface area contributed by atoms with Crippen LogP contribution in [-0.2, 0) is 11.3 Å². The number of nitrogens with zero attached hydrogens (tertiary/aromatic N) is 4. The summed E-state index contributed by atoms with van der Waals surface area (Å²) in [5.74, 6) is -0.734. The van der Waals surface area contributed by atoms with Crippen molar-refractivity contribution in [2.75, 3.05) is 5.32 Å². The third kappa shape index (κ3) is 4.03. The fraction of sp³-hybridized carbons (Fsp3) is 0.250. The van der Waals surface area contributed by atoms with Crippen molar-refractivity contribution < 1.29 is 9.18 Å². The summed E-state index contributed by atoms with van der Waals surface area (Å²) in [6, 6.07) is 11.5. The average molecular weight is 433 g/mol. The molecule has 2 aromatic heterocycles. The van der Waals surface area contributed by atoms with Gasteiger partial charge in [-0.15, -0.1) is 0 Å². The van der Waals surface area contributed by atoms with E-state index < -0.39 is 5.56 Å². The Labute approximate surface area is 184 Å². The van der Waals surface area contributed by atoms with Crippen molar-refractivity contribution in [1.82, 2.24) is 19.6 Å². The van der Waals surface area contributed by atoms with Gasteiger partial charge in [-0.25, -0.2) is 13.8 Å². The number of nitrogens with one attached hydrogen (secondary N) is 1. The first-order valence-electron chi connectivity index (χ1n) is 10.4. The van der Waals surface area contributed by atoms with Crippen LogP contribution >= 0.6 is 0 Å². The molecule has 0 saturated carbocycles. The van der Waals surface area contributed by atoms with E-state index in [4.69, 9.17) is 0 Å². The molecule has 32 heavy (non-hydrogen) atoms. The smallest absolute Gasteiger partial charge is 0.293 e. The molecule has 1 N–H and O–H groups in total. The van der Waals surface area contributed by atoms with Crippen LogP contribution in [-0.4, -0.2) is 25.5 Å². The SMILES string of the molecule is Cc1ccc(C)c(NC(=O)Cn2nc(C(C)C)c3cnn(-c4ccc(F)cc4)c3c2=O)c1. The molecule has 0 bridgehead atoms. The Balaban J connectivity index is 1.77.